The average Bonchev–Trinajstić information content (AvgIpc) is 2.18. The van der Waals surface area contributed by atoms with E-state index in [1.165, 1.54) is 6.92 Å². The van der Waals surface area contributed by atoms with Gasteiger partial charge < -0.3 is 36.0 Å². The van der Waals surface area contributed by atoms with Crippen molar-refractivity contribution < 1.29 is 35.4 Å². The van der Waals surface area contributed by atoms with Gasteiger partial charge in [-0.05, 0) is 0 Å². The maximum absolute atomic E-state index is 10.7. The molecular weight excluding hydrogens is 222 g/mol. The van der Waals surface area contributed by atoms with Crippen LogP contribution < -0.4 is 5.32 Å². The largest absolute Gasteiger partial charge is 0.412 e. The Bertz CT molecular complexity index is 236. The molecule has 1 aliphatic heterocycles. The lowest BCUT2D eigenvalue weighted by atomic mass is 9.97. The first-order chi connectivity index (χ1) is 6.97. The maximum atomic E-state index is 10.7. The molecule has 7 N–H and O–H groups in total. The van der Waals surface area contributed by atoms with Crippen molar-refractivity contribution in [2.24, 2.45) is 0 Å². The first kappa shape index (κ1) is 15.2. The minimum Gasteiger partial charge on any atom is -0.412 e. The third kappa shape index (κ3) is 3.11. The standard InChI is InChI=1S/C8H15NO6.H2O/c1-3(11)9-5-7(13)6(12)4(2-10)15-8(5)14;/h4-8,10,12-14H,2H2,1H3,(H,9,11);1H2/t4-,5-,6+,7-,8?;/m1./s1. The molecule has 16 heavy (non-hydrogen) atoms. The van der Waals surface area contributed by atoms with E-state index in [0.29, 0.717) is 0 Å². The highest BCUT2D eigenvalue weighted by Crippen LogP contribution is 2.19. The van der Waals surface area contributed by atoms with Crippen LogP contribution in [0, 0.1) is 0 Å². The van der Waals surface area contributed by atoms with Crippen LogP contribution >= 0.6 is 0 Å². The Morgan fingerprint density at radius 3 is 2.31 bits per heavy atom. The number of ether oxygens (including phenoxy) is 1. The van der Waals surface area contributed by atoms with Gasteiger partial charge in [0.1, 0.15) is 24.4 Å². The molecule has 1 aliphatic rings. The number of carbonyl (C=O) groups is 1. The zero-order chi connectivity index (χ0) is 11.6. The monoisotopic (exact) mass is 239 g/mol. The van der Waals surface area contributed by atoms with E-state index in [-0.39, 0.29) is 5.48 Å². The van der Waals surface area contributed by atoms with E-state index in [9.17, 15) is 20.1 Å². The number of nitrogens with one attached hydrogen (secondary N) is 1. The molecule has 1 rings (SSSR count). The lowest BCUT2D eigenvalue weighted by Gasteiger charge is -2.40. The SMILES string of the molecule is CC(=O)N[C@H]1C(O)O[C@H](CO)[C@H](O)[C@@H]1O.O. The third-order valence-corrected chi connectivity index (χ3v) is 2.27. The molecule has 0 radical (unpaired) electrons. The van der Waals surface area contributed by atoms with Crippen molar-refractivity contribution in [2.45, 2.75) is 37.6 Å². The second-order valence-corrected chi connectivity index (χ2v) is 3.46. The van der Waals surface area contributed by atoms with Gasteiger partial charge in [0.05, 0.1) is 6.61 Å². The van der Waals surface area contributed by atoms with Crippen molar-refractivity contribution in [3.8, 4) is 0 Å². The predicted molar refractivity (Wildman–Crippen MR) is 51.2 cm³/mol. The van der Waals surface area contributed by atoms with Crippen LogP contribution in [0.15, 0.2) is 0 Å². The van der Waals surface area contributed by atoms with Crippen LogP contribution in [0.1, 0.15) is 6.92 Å². The van der Waals surface area contributed by atoms with E-state index in [1.54, 1.807) is 0 Å². The molecule has 0 aromatic heterocycles. The lowest BCUT2D eigenvalue weighted by molar-refractivity contribution is -0.253. The Hall–Kier alpha value is -0.770. The van der Waals surface area contributed by atoms with Gasteiger partial charge in [0.25, 0.3) is 0 Å². The summed E-state index contributed by atoms with van der Waals surface area (Å²) in [7, 11) is 0. The first-order valence-corrected chi connectivity index (χ1v) is 4.55. The fraction of sp³-hybridized carbons (Fsp3) is 0.875. The zero-order valence-corrected chi connectivity index (χ0v) is 8.70. The maximum Gasteiger partial charge on any atom is 0.217 e. The van der Waals surface area contributed by atoms with Crippen LogP contribution in [0.3, 0.4) is 0 Å². The lowest BCUT2D eigenvalue weighted by Crippen LogP contribution is -2.63. The van der Waals surface area contributed by atoms with Crippen molar-refractivity contribution in [2.75, 3.05) is 6.61 Å². The molecule has 1 saturated heterocycles. The summed E-state index contributed by atoms with van der Waals surface area (Å²) in [6.07, 6.45) is -5.24. The molecule has 0 spiro atoms. The van der Waals surface area contributed by atoms with Crippen LogP contribution in [-0.2, 0) is 9.53 Å². The first-order valence-electron chi connectivity index (χ1n) is 4.55. The summed E-state index contributed by atoms with van der Waals surface area (Å²) in [5.74, 6) is -0.462. The second-order valence-electron chi connectivity index (χ2n) is 3.46. The Morgan fingerprint density at radius 1 is 1.31 bits per heavy atom. The summed E-state index contributed by atoms with van der Waals surface area (Å²) in [5, 5.41) is 39.4. The van der Waals surface area contributed by atoms with Crippen LogP contribution in [0.2, 0.25) is 0 Å². The average molecular weight is 239 g/mol. The van der Waals surface area contributed by atoms with Crippen molar-refractivity contribution in [1.82, 2.24) is 5.32 Å². The van der Waals surface area contributed by atoms with Gasteiger partial charge in [-0.25, -0.2) is 0 Å². The molecule has 0 aliphatic carbocycles. The van der Waals surface area contributed by atoms with Crippen molar-refractivity contribution in [1.29, 1.82) is 0 Å². The van der Waals surface area contributed by atoms with Crippen molar-refractivity contribution in [3.63, 3.8) is 0 Å². The Balaban J connectivity index is 0.00000225. The summed E-state index contributed by atoms with van der Waals surface area (Å²) in [6, 6.07) is -1.10. The van der Waals surface area contributed by atoms with Gasteiger partial charge in [-0.1, -0.05) is 0 Å². The minimum atomic E-state index is -1.45. The number of hydrogen-bond acceptors (Lipinski definition) is 6. The molecule has 0 saturated carbocycles. The van der Waals surface area contributed by atoms with E-state index in [4.69, 9.17) is 9.84 Å². The number of amides is 1. The fourth-order valence-corrected chi connectivity index (χ4v) is 1.49. The summed E-state index contributed by atoms with van der Waals surface area (Å²) < 4.78 is 4.81. The number of hydrogen-bond donors (Lipinski definition) is 5. The predicted octanol–water partition coefficient (Wildman–Crippen LogP) is -3.90. The highest BCUT2D eigenvalue weighted by atomic mass is 16.6. The zero-order valence-electron chi connectivity index (χ0n) is 8.70. The molecule has 8 nitrogen and oxygen atoms in total. The van der Waals surface area contributed by atoms with Crippen LogP contribution in [-0.4, -0.2) is 69.1 Å². The van der Waals surface area contributed by atoms with Gasteiger partial charge in [0, 0.05) is 6.92 Å². The summed E-state index contributed by atoms with van der Waals surface area (Å²) >= 11 is 0. The third-order valence-electron chi connectivity index (χ3n) is 2.27. The van der Waals surface area contributed by atoms with Gasteiger partial charge in [-0.3, -0.25) is 4.79 Å². The number of aliphatic hydroxyl groups is 4. The highest BCUT2D eigenvalue weighted by Gasteiger charge is 2.43. The quantitative estimate of drug-likeness (QED) is 0.332. The summed E-state index contributed by atoms with van der Waals surface area (Å²) in [5.41, 5.74) is 0. The smallest absolute Gasteiger partial charge is 0.217 e. The molecule has 1 fully saturated rings. The summed E-state index contributed by atoms with van der Waals surface area (Å²) in [4.78, 5) is 10.7. The van der Waals surface area contributed by atoms with Gasteiger partial charge in [0.15, 0.2) is 6.29 Å². The molecule has 96 valence electrons. The molecule has 1 heterocycles. The van der Waals surface area contributed by atoms with E-state index in [0.717, 1.165) is 0 Å². The van der Waals surface area contributed by atoms with Gasteiger partial charge in [-0.2, -0.15) is 0 Å². The van der Waals surface area contributed by atoms with Crippen LogP contribution in [0.4, 0.5) is 0 Å². The Kier molecular flexibility index (Phi) is 5.79. The number of aliphatic hydroxyl groups excluding tert-OH is 4. The molecule has 1 amide bonds. The molecule has 0 aromatic rings. The van der Waals surface area contributed by atoms with Crippen LogP contribution in [0.5, 0.6) is 0 Å². The summed E-state index contributed by atoms with van der Waals surface area (Å²) in [6.45, 7) is 0.687. The van der Waals surface area contributed by atoms with Crippen molar-refractivity contribution in [3.05, 3.63) is 0 Å². The molecule has 8 heteroatoms. The fourth-order valence-electron chi connectivity index (χ4n) is 1.49. The normalized spacial score (nSPS) is 38.7. The molecule has 5 atom stereocenters. The molecule has 0 bridgehead atoms. The molecular formula is C8H17NO7. The van der Waals surface area contributed by atoms with Gasteiger partial charge >= 0.3 is 0 Å². The van der Waals surface area contributed by atoms with Gasteiger partial charge in [0.2, 0.25) is 5.91 Å². The van der Waals surface area contributed by atoms with E-state index in [1.807, 2.05) is 0 Å². The van der Waals surface area contributed by atoms with Crippen LogP contribution in [0.25, 0.3) is 0 Å². The van der Waals surface area contributed by atoms with E-state index < -0.39 is 43.2 Å². The number of rotatable bonds is 2. The van der Waals surface area contributed by atoms with E-state index >= 15 is 0 Å². The Labute approximate surface area is 91.8 Å². The Morgan fingerprint density at radius 2 is 1.88 bits per heavy atom. The topological polar surface area (TPSA) is 151 Å². The molecule has 1 unspecified atom stereocenters. The molecule has 0 aromatic carbocycles. The van der Waals surface area contributed by atoms with Crippen molar-refractivity contribution >= 4 is 5.91 Å². The van der Waals surface area contributed by atoms with Gasteiger partial charge in [-0.15, -0.1) is 0 Å². The highest BCUT2D eigenvalue weighted by molar-refractivity contribution is 5.73. The van der Waals surface area contributed by atoms with E-state index in [2.05, 4.69) is 5.32 Å². The number of carbonyl (C=O) groups excluding carboxylic acids is 1. The minimum absolute atomic E-state index is 0. The second kappa shape index (κ2) is 6.09.